The molecule has 0 atom stereocenters. The largest absolute Gasteiger partial charge is 0.494 e. The van der Waals surface area contributed by atoms with Crippen LogP contribution in [0.4, 0.5) is 0 Å². The zero-order valence-corrected chi connectivity index (χ0v) is 13.5. The van der Waals surface area contributed by atoms with Crippen molar-refractivity contribution in [2.75, 3.05) is 19.7 Å². The fourth-order valence-electron chi connectivity index (χ4n) is 1.40. The minimum atomic E-state index is -3.46. The van der Waals surface area contributed by atoms with Gasteiger partial charge in [-0.25, -0.2) is 13.1 Å². The molecule has 1 aromatic carbocycles. The first kappa shape index (κ1) is 19.2. The topological polar surface area (TPSA) is 81.4 Å². The van der Waals surface area contributed by atoms with E-state index in [1.165, 1.54) is 12.1 Å². The van der Waals surface area contributed by atoms with E-state index in [-0.39, 0.29) is 30.4 Å². The third-order valence-electron chi connectivity index (χ3n) is 2.53. The van der Waals surface area contributed by atoms with Crippen LogP contribution in [0.1, 0.15) is 20.3 Å². The number of nitrogens with one attached hydrogen (secondary N) is 1. The molecule has 0 aliphatic carbocycles. The van der Waals surface area contributed by atoms with Crippen LogP contribution < -0.4 is 15.2 Å². The van der Waals surface area contributed by atoms with Crippen LogP contribution in [0.3, 0.4) is 0 Å². The molecular weight excluding hydrogens is 300 g/mol. The lowest BCUT2D eigenvalue weighted by Gasteiger charge is -2.09. The molecule has 0 aliphatic rings. The summed E-state index contributed by atoms with van der Waals surface area (Å²) < 4.78 is 31.5. The van der Waals surface area contributed by atoms with Crippen LogP contribution in [0, 0.1) is 5.92 Å². The predicted octanol–water partition coefficient (Wildman–Crippen LogP) is 1.77. The minimum Gasteiger partial charge on any atom is -0.494 e. The average Bonchev–Trinajstić information content (AvgIpc) is 2.37. The van der Waals surface area contributed by atoms with Gasteiger partial charge < -0.3 is 10.5 Å². The van der Waals surface area contributed by atoms with Crippen molar-refractivity contribution in [1.29, 1.82) is 0 Å². The Labute approximate surface area is 127 Å². The van der Waals surface area contributed by atoms with E-state index in [0.717, 1.165) is 6.42 Å². The van der Waals surface area contributed by atoms with E-state index < -0.39 is 10.0 Å². The Hall–Kier alpha value is -0.820. The molecular formula is C13H23ClN2O3S. The normalized spacial score (nSPS) is 11.2. The van der Waals surface area contributed by atoms with Crippen molar-refractivity contribution >= 4 is 22.4 Å². The molecule has 7 heteroatoms. The second-order valence-electron chi connectivity index (χ2n) is 4.69. The number of hydrogen-bond donors (Lipinski definition) is 2. The quantitative estimate of drug-likeness (QED) is 0.764. The summed E-state index contributed by atoms with van der Waals surface area (Å²) in [4.78, 5) is 0.220. The molecule has 0 saturated heterocycles. The third-order valence-corrected chi connectivity index (χ3v) is 4.01. The molecule has 0 heterocycles. The molecule has 0 aromatic heterocycles. The second kappa shape index (κ2) is 9.18. The van der Waals surface area contributed by atoms with Crippen LogP contribution in [0.2, 0.25) is 0 Å². The lowest BCUT2D eigenvalue weighted by Crippen LogP contribution is -2.29. The number of hydrogen-bond acceptors (Lipinski definition) is 4. The first-order valence-electron chi connectivity index (χ1n) is 6.38. The van der Waals surface area contributed by atoms with Crippen molar-refractivity contribution in [2.45, 2.75) is 25.2 Å². The Balaban J connectivity index is 0.00000361. The molecule has 3 N–H and O–H groups in total. The predicted molar refractivity (Wildman–Crippen MR) is 82.9 cm³/mol. The minimum absolute atomic E-state index is 0. The van der Waals surface area contributed by atoms with Crippen LogP contribution in [-0.2, 0) is 10.0 Å². The first-order chi connectivity index (χ1) is 8.95. The summed E-state index contributed by atoms with van der Waals surface area (Å²) >= 11 is 0. The number of rotatable bonds is 8. The maximum absolute atomic E-state index is 11.8. The van der Waals surface area contributed by atoms with Crippen LogP contribution in [0.25, 0.3) is 0 Å². The first-order valence-corrected chi connectivity index (χ1v) is 7.86. The molecule has 0 aliphatic heterocycles. The Kier molecular flexibility index (Phi) is 8.80. The Morgan fingerprint density at radius 2 is 1.85 bits per heavy atom. The molecule has 5 nitrogen and oxygen atoms in total. The molecule has 0 spiro atoms. The second-order valence-corrected chi connectivity index (χ2v) is 6.46. The van der Waals surface area contributed by atoms with Crippen molar-refractivity contribution in [3.8, 4) is 5.75 Å². The monoisotopic (exact) mass is 322 g/mol. The fourth-order valence-corrected chi connectivity index (χ4v) is 2.45. The molecule has 1 rings (SSSR count). The summed E-state index contributed by atoms with van der Waals surface area (Å²) in [6, 6.07) is 6.39. The SMILES string of the molecule is CC(C)CCOc1ccc(S(=O)(=O)NCCN)cc1.Cl. The molecule has 0 radical (unpaired) electrons. The Morgan fingerprint density at radius 3 is 2.35 bits per heavy atom. The fraction of sp³-hybridized carbons (Fsp3) is 0.538. The maximum atomic E-state index is 11.8. The van der Waals surface area contributed by atoms with Crippen molar-refractivity contribution in [2.24, 2.45) is 11.7 Å². The number of nitrogens with two attached hydrogens (primary N) is 1. The molecule has 20 heavy (non-hydrogen) atoms. The molecule has 1 aromatic rings. The van der Waals surface area contributed by atoms with Gasteiger partial charge in [0.2, 0.25) is 10.0 Å². The smallest absolute Gasteiger partial charge is 0.240 e. The van der Waals surface area contributed by atoms with Gasteiger partial charge in [-0.1, -0.05) is 13.8 Å². The third kappa shape index (κ3) is 6.56. The number of sulfonamides is 1. The molecule has 0 bridgehead atoms. The number of halogens is 1. The van der Waals surface area contributed by atoms with Crippen LogP contribution >= 0.6 is 12.4 Å². The van der Waals surface area contributed by atoms with E-state index in [0.29, 0.717) is 18.3 Å². The average molecular weight is 323 g/mol. The summed E-state index contributed by atoms with van der Waals surface area (Å²) in [5.74, 6) is 1.26. The van der Waals surface area contributed by atoms with E-state index in [1.807, 2.05) is 0 Å². The summed E-state index contributed by atoms with van der Waals surface area (Å²) in [6.07, 6.45) is 0.970. The van der Waals surface area contributed by atoms with Crippen molar-refractivity contribution in [3.05, 3.63) is 24.3 Å². The molecule has 0 unspecified atom stereocenters. The molecule has 0 fully saturated rings. The van der Waals surface area contributed by atoms with Gasteiger partial charge in [0.25, 0.3) is 0 Å². The van der Waals surface area contributed by atoms with Gasteiger partial charge in [-0.05, 0) is 36.6 Å². The number of benzene rings is 1. The summed E-state index contributed by atoms with van der Waals surface area (Å²) in [7, 11) is -3.46. The standard InChI is InChI=1S/C13H22N2O3S.ClH/c1-11(2)7-10-18-12-3-5-13(6-4-12)19(16,17)15-9-8-14;/h3-6,11,15H,7-10,14H2,1-2H3;1H. The summed E-state index contributed by atoms with van der Waals surface area (Å²) in [5, 5.41) is 0. The van der Waals surface area contributed by atoms with Gasteiger partial charge in [0, 0.05) is 13.1 Å². The van der Waals surface area contributed by atoms with Gasteiger partial charge in [0.05, 0.1) is 11.5 Å². The molecule has 0 amide bonds. The summed E-state index contributed by atoms with van der Waals surface area (Å²) in [6.45, 7) is 5.39. The summed E-state index contributed by atoms with van der Waals surface area (Å²) in [5.41, 5.74) is 5.27. The zero-order chi connectivity index (χ0) is 14.3. The Bertz CT molecular complexity index is 475. The maximum Gasteiger partial charge on any atom is 0.240 e. The number of ether oxygens (including phenoxy) is 1. The molecule has 0 saturated carbocycles. The van der Waals surface area contributed by atoms with Crippen molar-refractivity contribution in [3.63, 3.8) is 0 Å². The Morgan fingerprint density at radius 1 is 1.25 bits per heavy atom. The van der Waals surface area contributed by atoms with Crippen LogP contribution in [-0.4, -0.2) is 28.1 Å². The highest BCUT2D eigenvalue weighted by Crippen LogP contribution is 2.16. The van der Waals surface area contributed by atoms with Crippen molar-refractivity contribution < 1.29 is 13.2 Å². The lowest BCUT2D eigenvalue weighted by molar-refractivity contribution is 0.289. The highest BCUT2D eigenvalue weighted by molar-refractivity contribution is 7.89. The van der Waals surface area contributed by atoms with Gasteiger partial charge >= 0.3 is 0 Å². The van der Waals surface area contributed by atoms with Crippen molar-refractivity contribution in [1.82, 2.24) is 4.72 Å². The van der Waals surface area contributed by atoms with Gasteiger partial charge in [-0.2, -0.15) is 0 Å². The van der Waals surface area contributed by atoms with E-state index >= 15 is 0 Å². The highest BCUT2D eigenvalue weighted by Gasteiger charge is 2.12. The zero-order valence-electron chi connectivity index (χ0n) is 11.8. The van der Waals surface area contributed by atoms with Gasteiger partial charge in [0.1, 0.15) is 5.75 Å². The van der Waals surface area contributed by atoms with Crippen LogP contribution in [0.5, 0.6) is 5.75 Å². The lowest BCUT2D eigenvalue weighted by atomic mass is 10.1. The van der Waals surface area contributed by atoms with Gasteiger partial charge in [-0.3, -0.25) is 0 Å². The molecule has 116 valence electrons. The highest BCUT2D eigenvalue weighted by atomic mass is 35.5. The van der Waals surface area contributed by atoms with Gasteiger partial charge in [0.15, 0.2) is 0 Å². The van der Waals surface area contributed by atoms with Gasteiger partial charge in [-0.15, -0.1) is 12.4 Å². The van der Waals surface area contributed by atoms with E-state index in [4.69, 9.17) is 10.5 Å². The van der Waals surface area contributed by atoms with E-state index in [1.54, 1.807) is 12.1 Å². The van der Waals surface area contributed by atoms with E-state index in [2.05, 4.69) is 18.6 Å². The van der Waals surface area contributed by atoms with E-state index in [9.17, 15) is 8.42 Å². The van der Waals surface area contributed by atoms with Crippen LogP contribution in [0.15, 0.2) is 29.2 Å².